The van der Waals surface area contributed by atoms with Crippen molar-refractivity contribution in [1.82, 2.24) is 0 Å². The lowest BCUT2D eigenvalue weighted by atomic mass is 10.1. The molecule has 3 rings (SSSR count). The second-order valence-electron chi connectivity index (χ2n) is 3.73. The van der Waals surface area contributed by atoms with E-state index in [2.05, 4.69) is 15.9 Å². The second-order valence-corrected chi connectivity index (χ2v) is 5.43. The van der Waals surface area contributed by atoms with Gasteiger partial charge >= 0.3 is 0 Å². The molecule has 0 bridgehead atoms. The normalized spacial score (nSPS) is 13.1. The summed E-state index contributed by atoms with van der Waals surface area (Å²) in [5.74, 6) is 0.553. The maximum atomic E-state index is 10.3. The first-order valence-electron chi connectivity index (χ1n) is 5.15. The maximum Gasteiger partial charge on any atom is 0.169 e. The molecule has 0 aliphatic carbocycles. The van der Waals surface area contributed by atoms with E-state index in [1.807, 2.05) is 29.6 Å². The molecular formula is C13H9BrO2S. The van der Waals surface area contributed by atoms with Gasteiger partial charge in [0.05, 0.1) is 0 Å². The van der Waals surface area contributed by atoms with Gasteiger partial charge in [0.25, 0.3) is 0 Å². The van der Waals surface area contributed by atoms with Gasteiger partial charge in [0.2, 0.25) is 0 Å². The largest absolute Gasteiger partial charge is 0.451 e. The zero-order valence-corrected chi connectivity index (χ0v) is 11.2. The van der Waals surface area contributed by atoms with Crippen LogP contribution in [-0.4, -0.2) is 5.11 Å². The van der Waals surface area contributed by atoms with E-state index >= 15 is 0 Å². The Morgan fingerprint density at radius 2 is 2.06 bits per heavy atom. The van der Waals surface area contributed by atoms with Gasteiger partial charge in [-0.3, -0.25) is 0 Å². The van der Waals surface area contributed by atoms with Gasteiger partial charge in [-0.25, -0.2) is 0 Å². The average molecular weight is 309 g/mol. The van der Waals surface area contributed by atoms with Crippen LogP contribution < -0.4 is 0 Å². The first-order chi connectivity index (χ1) is 8.25. The number of benzene rings is 1. The highest BCUT2D eigenvalue weighted by Gasteiger charge is 2.17. The SMILES string of the molecule is OC(c1ccc(Br)o1)c1cccc2ccsc12. The molecule has 1 atom stereocenters. The van der Waals surface area contributed by atoms with Crippen molar-refractivity contribution in [1.29, 1.82) is 0 Å². The van der Waals surface area contributed by atoms with Gasteiger partial charge in [0.1, 0.15) is 11.9 Å². The molecule has 17 heavy (non-hydrogen) atoms. The van der Waals surface area contributed by atoms with Crippen LogP contribution in [0, 0.1) is 0 Å². The Labute approximate surface area is 111 Å². The van der Waals surface area contributed by atoms with Crippen molar-refractivity contribution in [3.05, 3.63) is 57.8 Å². The molecule has 1 N–H and O–H groups in total. The number of rotatable bonds is 2. The number of thiophene rings is 1. The van der Waals surface area contributed by atoms with Crippen LogP contribution in [0.15, 0.2) is 50.9 Å². The van der Waals surface area contributed by atoms with Gasteiger partial charge in [-0.1, -0.05) is 18.2 Å². The summed E-state index contributed by atoms with van der Waals surface area (Å²) in [5, 5.41) is 13.5. The third-order valence-corrected chi connectivity index (χ3v) is 4.07. The maximum absolute atomic E-state index is 10.3. The summed E-state index contributed by atoms with van der Waals surface area (Å²) in [5.41, 5.74) is 0.888. The molecular weight excluding hydrogens is 300 g/mol. The molecule has 2 aromatic heterocycles. The number of fused-ring (bicyclic) bond motifs is 1. The standard InChI is InChI=1S/C13H9BrO2S/c14-11-5-4-10(16-11)12(15)9-3-1-2-8-6-7-17-13(8)9/h1-7,12,15H. The highest BCUT2D eigenvalue weighted by Crippen LogP contribution is 2.33. The fourth-order valence-electron chi connectivity index (χ4n) is 1.86. The minimum atomic E-state index is -0.719. The van der Waals surface area contributed by atoms with Crippen LogP contribution in [0.4, 0.5) is 0 Å². The molecule has 3 aromatic rings. The fraction of sp³-hybridized carbons (Fsp3) is 0.0769. The van der Waals surface area contributed by atoms with E-state index in [0.717, 1.165) is 15.6 Å². The van der Waals surface area contributed by atoms with Gasteiger partial charge in [0.15, 0.2) is 4.67 Å². The molecule has 4 heteroatoms. The molecule has 86 valence electrons. The van der Waals surface area contributed by atoms with Crippen LogP contribution in [-0.2, 0) is 0 Å². The van der Waals surface area contributed by atoms with Gasteiger partial charge < -0.3 is 9.52 Å². The van der Waals surface area contributed by atoms with E-state index in [0.29, 0.717) is 10.4 Å². The van der Waals surface area contributed by atoms with Crippen LogP contribution in [0.1, 0.15) is 17.4 Å². The van der Waals surface area contributed by atoms with Crippen LogP contribution in [0.3, 0.4) is 0 Å². The molecule has 0 radical (unpaired) electrons. The van der Waals surface area contributed by atoms with Crippen molar-refractivity contribution in [2.45, 2.75) is 6.10 Å². The molecule has 0 fully saturated rings. The van der Waals surface area contributed by atoms with Crippen LogP contribution in [0.25, 0.3) is 10.1 Å². The summed E-state index contributed by atoms with van der Waals surface area (Å²) in [6.45, 7) is 0. The third-order valence-electron chi connectivity index (χ3n) is 2.67. The molecule has 0 aliphatic rings. The minimum Gasteiger partial charge on any atom is -0.451 e. The van der Waals surface area contributed by atoms with E-state index in [-0.39, 0.29) is 0 Å². The minimum absolute atomic E-state index is 0.553. The number of aliphatic hydroxyl groups is 1. The molecule has 0 amide bonds. The predicted molar refractivity (Wildman–Crippen MR) is 72.3 cm³/mol. The molecule has 0 saturated heterocycles. The Hall–Kier alpha value is -1.10. The number of hydrogen-bond donors (Lipinski definition) is 1. The predicted octanol–water partition coefficient (Wildman–Crippen LogP) is 4.34. The molecule has 0 aliphatic heterocycles. The van der Waals surface area contributed by atoms with Crippen molar-refractivity contribution < 1.29 is 9.52 Å². The van der Waals surface area contributed by atoms with Crippen molar-refractivity contribution in [2.75, 3.05) is 0 Å². The van der Waals surface area contributed by atoms with E-state index in [9.17, 15) is 5.11 Å². The summed E-state index contributed by atoms with van der Waals surface area (Å²) in [6.07, 6.45) is -0.719. The molecule has 1 unspecified atom stereocenters. The number of furan rings is 1. The van der Waals surface area contributed by atoms with Gasteiger partial charge in [-0.15, -0.1) is 11.3 Å². The summed E-state index contributed by atoms with van der Waals surface area (Å²) in [6, 6.07) is 11.5. The van der Waals surface area contributed by atoms with Crippen molar-refractivity contribution in [3.8, 4) is 0 Å². The lowest BCUT2D eigenvalue weighted by Gasteiger charge is -2.09. The highest BCUT2D eigenvalue weighted by atomic mass is 79.9. The Morgan fingerprint density at radius 1 is 1.18 bits per heavy atom. The van der Waals surface area contributed by atoms with Gasteiger partial charge in [-0.2, -0.15) is 0 Å². The van der Waals surface area contributed by atoms with Crippen LogP contribution >= 0.6 is 27.3 Å². The number of halogens is 1. The Bertz CT molecular complexity index is 656. The molecule has 1 aromatic carbocycles. The first-order valence-corrected chi connectivity index (χ1v) is 6.82. The van der Waals surface area contributed by atoms with Crippen molar-refractivity contribution in [3.63, 3.8) is 0 Å². The van der Waals surface area contributed by atoms with Gasteiger partial charge in [0, 0.05) is 10.3 Å². The Kier molecular flexibility index (Phi) is 2.78. The lowest BCUT2D eigenvalue weighted by molar-refractivity contribution is 0.189. The van der Waals surface area contributed by atoms with E-state index in [1.54, 1.807) is 23.5 Å². The average Bonchev–Trinajstić information content (AvgIpc) is 2.95. The summed E-state index contributed by atoms with van der Waals surface area (Å²) in [7, 11) is 0. The van der Waals surface area contributed by atoms with E-state index in [1.165, 1.54) is 0 Å². The monoisotopic (exact) mass is 308 g/mol. The zero-order chi connectivity index (χ0) is 11.8. The third kappa shape index (κ3) is 1.92. The molecule has 2 nitrogen and oxygen atoms in total. The van der Waals surface area contributed by atoms with E-state index in [4.69, 9.17) is 4.42 Å². The lowest BCUT2D eigenvalue weighted by Crippen LogP contribution is -1.97. The second kappa shape index (κ2) is 4.29. The molecule has 0 saturated carbocycles. The van der Waals surface area contributed by atoms with Crippen LogP contribution in [0.2, 0.25) is 0 Å². The molecule has 2 heterocycles. The van der Waals surface area contributed by atoms with Gasteiger partial charge in [-0.05, 0) is 44.9 Å². The fourth-order valence-corrected chi connectivity index (χ4v) is 3.12. The van der Waals surface area contributed by atoms with Crippen molar-refractivity contribution >= 4 is 37.4 Å². The first kappa shape index (κ1) is 11.0. The summed E-state index contributed by atoms with van der Waals surface area (Å²) >= 11 is 4.87. The smallest absolute Gasteiger partial charge is 0.169 e. The zero-order valence-electron chi connectivity index (χ0n) is 8.76. The quantitative estimate of drug-likeness (QED) is 0.764. The highest BCUT2D eigenvalue weighted by molar-refractivity contribution is 9.10. The number of hydrogen-bond acceptors (Lipinski definition) is 3. The summed E-state index contributed by atoms with van der Waals surface area (Å²) in [4.78, 5) is 0. The Morgan fingerprint density at radius 3 is 2.82 bits per heavy atom. The topological polar surface area (TPSA) is 33.4 Å². The van der Waals surface area contributed by atoms with Crippen molar-refractivity contribution in [2.24, 2.45) is 0 Å². The molecule has 0 spiro atoms. The Balaban J connectivity index is 2.12. The van der Waals surface area contributed by atoms with E-state index < -0.39 is 6.10 Å². The van der Waals surface area contributed by atoms with Crippen LogP contribution in [0.5, 0.6) is 0 Å². The number of aliphatic hydroxyl groups excluding tert-OH is 1. The summed E-state index contributed by atoms with van der Waals surface area (Å²) < 4.78 is 7.13.